The minimum absolute atomic E-state index is 0.131. The van der Waals surface area contributed by atoms with Gasteiger partial charge in [0.05, 0.1) is 31.4 Å². The predicted molar refractivity (Wildman–Crippen MR) is 89.0 cm³/mol. The van der Waals surface area contributed by atoms with Gasteiger partial charge in [0, 0.05) is 12.0 Å². The molecule has 0 N–H and O–H groups in total. The summed E-state index contributed by atoms with van der Waals surface area (Å²) in [5.41, 5.74) is 8.41. The van der Waals surface area contributed by atoms with E-state index in [9.17, 15) is 4.57 Å². The van der Waals surface area contributed by atoms with Crippen LogP contribution in [-0.2, 0) is 22.9 Å². The van der Waals surface area contributed by atoms with Gasteiger partial charge in [0.2, 0.25) is 0 Å². The first-order valence-electron chi connectivity index (χ1n) is 7.35. The maximum atomic E-state index is 12.2. The normalized spacial score (nSPS) is 15.8. The summed E-state index contributed by atoms with van der Waals surface area (Å²) in [5.74, 6) is 0. The van der Waals surface area contributed by atoms with E-state index in [1.807, 2.05) is 6.07 Å². The number of allylic oxidation sites excluding steroid dienone is 2. The fourth-order valence-corrected chi connectivity index (χ4v) is 2.80. The van der Waals surface area contributed by atoms with Gasteiger partial charge in [-0.25, -0.2) is 4.57 Å². The van der Waals surface area contributed by atoms with E-state index in [0.29, 0.717) is 0 Å². The number of rotatable bonds is 12. The number of phosphoric ester groups is 1. The van der Waals surface area contributed by atoms with Crippen LogP contribution in [0.15, 0.2) is 29.4 Å². The smallest absolute Gasteiger partial charge is 0.377 e. The summed E-state index contributed by atoms with van der Waals surface area (Å²) in [6.45, 7) is 5.26. The number of nitrogens with zero attached hydrogens (tertiary/aromatic N) is 4. The van der Waals surface area contributed by atoms with Crippen molar-refractivity contribution in [3.05, 3.63) is 34.7 Å². The zero-order valence-electron chi connectivity index (χ0n) is 14.2. The van der Waals surface area contributed by atoms with Crippen LogP contribution in [0.3, 0.4) is 0 Å². The number of azide groups is 1. The second kappa shape index (κ2) is 12.7. The number of nitriles is 1. The molecular weight excluding hydrogens is 335 g/mol. The molecule has 0 aliphatic carbocycles. The summed E-state index contributed by atoms with van der Waals surface area (Å²) in [6, 6.07) is 1.46. The predicted octanol–water partition coefficient (Wildman–Crippen LogP) is 3.90. The zero-order valence-corrected chi connectivity index (χ0v) is 15.1. The summed E-state index contributed by atoms with van der Waals surface area (Å²) in [6.07, 6.45) is 4.68. The zero-order chi connectivity index (χ0) is 18.4. The van der Waals surface area contributed by atoms with Gasteiger partial charge in [0.1, 0.15) is 0 Å². The van der Waals surface area contributed by atoms with E-state index in [1.165, 1.54) is 19.3 Å². The Bertz CT molecular complexity index is 544. The van der Waals surface area contributed by atoms with Crippen molar-refractivity contribution in [3.63, 3.8) is 0 Å². The molecule has 9 nitrogen and oxygen atoms in total. The van der Waals surface area contributed by atoms with Crippen LogP contribution in [0.5, 0.6) is 0 Å². The lowest BCUT2D eigenvalue weighted by Crippen LogP contribution is -2.20. The Morgan fingerprint density at radius 1 is 1.29 bits per heavy atom. The molecule has 0 aromatic rings. The van der Waals surface area contributed by atoms with Gasteiger partial charge in [-0.3, -0.25) is 13.6 Å². The van der Waals surface area contributed by atoms with Crippen molar-refractivity contribution in [1.82, 2.24) is 0 Å². The Hall–Kier alpha value is -1.65. The third-order valence-electron chi connectivity index (χ3n) is 2.62. The SMILES string of the molecule is CCOP(=O)(OCC)OC(C#N)/C=C/C=C/[C@H](OC)[C@@H](C)N=[N+]=[N-]. The highest BCUT2D eigenvalue weighted by atomic mass is 31.2. The lowest BCUT2D eigenvalue weighted by molar-refractivity contribution is 0.116. The van der Waals surface area contributed by atoms with Crippen molar-refractivity contribution in [3.8, 4) is 6.07 Å². The molecule has 134 valence electrons. The first-order chi connectivity index (χ1) is 11.5. The third kappa shape index (κ3) is 8.85. The molecule has 0 amide bonds. The Labute approximate surface area is 142 Å². The molecule has 0 fully saturated rings. The van der Waals surface area contributed by atoms with Crippen LogP contribution in [0.25, 0.3) is 10.4 Å². The molecule has 24 heavy (non-hydrogen) atoms. The van der Waals surface area contributed by atoms with E-state index < -0.39 is 20.0 Å². The molecule has 0 saturated carbocycles. The largest absolute Gasteiger partial charge is 0.476 e. The van der Waals surface area contributed by atoms with E-state index >= 15 is 0 Å². The number of hydrogen-bond acceptors (Lipinski definition) is 7. The third-order valence-corrected chi connectivity index (χ3v) is 4.26. The summed E-state index contributed by atoms with van der Waals surface area (Å²) >= 11 is 0. The quantitative estimate of drug-likeness (QED) is 0.171. The van der Waals surface area contributed by atoms with E-state index in [-0.39, 0.29) is 19.3 Å². The summed E-state index contributed by atoms with van der Waals surface area (Å²) in [7, 11) is -2.28. The van der Waals surface area contributed by atoms with E-state index in [4.69, 9.17) is 29.1 Å². The summed E-state index contributed by atoms with van der Waals surface area (Å²) in [4.78, 5) is 2.72. The van der Waals surface area contributed by atoms with E-state index in [0.717, 1.165) is 0 Å². The topological polar surface area (TPSA) is 127 Å². The van der Waals surface area contributed by atoms with Gasteiger partial charge < -0.3 is 4.74 Å². The second-order valence-electron chi connectivity index (χ2n) is 4.35. The van der Waals surface area contributed by atoms with E-state index in [1.54, 1.807) is 32.9 Å². The monoisotopic (exact) mass is 358 g/mol. The number of phosphoric acid groups is 1. The summed E-state index contributed by atoms with van der Waals surface area (Å²) < 4.78 is 32.4. The van der Waals surface area contributed by atoms with Crippen molar-refractivity contribution < 1.29 is 22.9 Å². The van der Waals surface area contributed by atoms with Crippen molar-refractivity contribution in [1.29, 1.82) is 5.26 Å². The van der Waals surface area contributed by atoms with Crippen molar-refractivity contribution in [2.45, 2.75) is 39.0 Å². The highest BCUT2D eigenvalue weighted by Crippen LogP contribution is 2.50. The molecule has 0 radical (unpaired) electrons. The van der Waals surface area contributed by atoms with Gasteiger partial charge in [0.25, 0.3) is 0 Å². The van der Waals surface area contributed by atoms with Crippen LogP contribution in [0.4, 0.5) is 0 Å². The minimum Gasteiger partial charge on any atom is -0.377 e. The molecule has 0 aliphatic rings. The lowest BCUT2D eigenvalue weighted by atomic mass is 10.2. The molecule has 0 rings (SSSR count). The van der Waals surface area contributed by atoms with Crippen molar-refractivity contribution >= 4 is 7.82 Å². The van der Waals surface area contributed by atoms with Crippen molar-refractivity contribution in [2.75, 3.05) is 20.3 Å². The Kier molecular flexibility index (Phi) is 11.9. The molecule has 0 spiro atoms. The van der Waals surface area contributed by atoms with E-state index in [2.05, 4.69) is 10.0 Å². The molecule has 0 bridgehead atoms. The van der Waals surface area contributed by atoms with Crippen LogP contribution < -0.4 is 0 Å². The van der Waals surface area contributed by atoms with Crippen LogP contribution in [-0.4, -0.2) is 38.6 Å². The fraction of sp³-hybridized carbons (Fsp3) is 0.643. The Morgan fingerprint density at radius 3 is 2.33 bits per heavy atom. The Balaban J connectivity index is 4.84. The highest BCUT2D eigenvalue weighted by molar-refractivity contribution is 7.48. The average molecular weight is 358 g/mol. The maximum absolute atomic E-state index is 12.2. The second-order valence-corrected chi connectivity index (χ2v) is 5.98. The van der Waals surface area contributed by atoms with Gasteiger partial charge in [-0.2, -0.15) is 5.26 Å². The fourth-order valence-electron chi connectivity index (χ4n) is 1.58. The summed E-state index contributed by atoms with van der Waals surface area (Å²) in [5, 5.41) is 12.6. The number of ether oxygens (including phenoxy) is 1. The van der Waals surface area contributed by atoms with Gasteiger partial charge in [-0.05, 0) is 25.5 Å². The molecule has 0 heterocycles. The van der Waals surface area contributed by atoms with Crippen molar-refractivity contribution in [2.24, 2.45) is 5.11 Å². The minimum atomic E-state index is -3.77. The molecule has 10 heteroatoms. The van der Waals surface area contributed by atoms with Crippen LogP contribution in [0, 0.1) is 11.3 Å². The molecule has 0 saturated heterocycles. The molecule has 0 aromatic heterocycles. The Morgan fingerprint density at radius 2 is 1.88 bits per heavy atom. The number of methoxy groups -OCH3 is 1. The molecular formula is C14H23N4O5P. The first-order valence-corrected chi connectivity index (χ1v) is 8.81. The van der Waals surface area contributed by atoms with Gasteiger partial charge in [-0.15, -0.1) is 0 Å². The first kappa shape index (κ1) is 22.4. The lowest BCUT2D eigenvalue weighted by Gasteiger charge is -2.17. The molecule has 0 aliphatic heterocycles. The highest BCUT2D eigenvalue weighted by Gasteiger charge is 2.28. The van der Waals surface area contributed by atoms with Gasteiger partial charge >= 0.3 is 7.82 Å². The molecule has 1 unspecified atom stereocenters. The average Bonchev–Trinajstić information content (AvgIpc) is 2.54. The molecule has 3 atom stereocenters. The van der Waals surface area contributed by atoms with Crippen LogP contribution in [0.1, 0.15) is 20.8 Å². The molecule has 0 aromatic carbocycles. The maximum Gasteiger partial charge on any atom is 0.476 e. The standard InChI is InChI=1S/C14H23N4O5P/c1-5-21-24(19,22-6-2)23-13(11-15)9-7-8-10-14(20-4)12(3)17-18-16/h7-10,12-14H,5-6H2,1-4H3/b9-7+,10-8+/t12-,13?,14+/m1/s1. The van der Waals surface area contributed by atoms with Gasteiger partial charge in [0.15, 0.2) is 6.10 Å². The van der Waals surface area contributed by atoms with Gasteiger partial charge in [-0.1, -0.05) is 30.3 Å². The van der Waals surface area contributed by atoms with Crippen LogP contribution >= 0.6 is 7.82 Å². The number of hydrogen-bond donors (Lipinski definition) is 0. The van der Waals surface area contributed by atoms with Crippen LogP contribution in [0.2, 0.25) is 0 Å².